The maximum absolute atomic E-state index is 11.1. The molecule has 3 aromatic rings. The molecule has 1 aromatic heterocycles. The van der Waals surface area contributed by atoms with Crippen LogP contribution in [0.3, 0.4) is 0 Å². The van der Waals surface area contributed by atoms with Gasteiger partial charge in [-0.15, -0.1) is 0 Å². The van der Waals surface area contributed by atoms with E-state index in [4.69, 9.17) is 4.42 Å². The number of fused-ring (bicyclic) bond motifs is 1. The lowest BCUT2D eigenvalue weighted by atomic mass is 10.1. The fraction of sp³-hybridized carbons (Fsp3) is 0.188. The van der Waals surface area contributed by atoms with Crippen molar-refractivity contribution in [3.8, 4) is 0 Å². The Hall–Kier alpha value is -2.49. The van der Waals surface area contributed by atoms with Gasteiger partial charge in [0.2, 0.25) is 0 Å². The van der Waals surface area contributed by atoms with E-state index in [1.807, 2.05) is 18.2 Å². The van der Waals surface area contributed by atoms with E-state index < -0.39 is 5.76 Å². The Labute approximate surface area is 116 Å². The zero-order valence-corrected chi connectivity index (χ0v) is 11.1. The van der Waals surface area contributed by atoms with Crippen molar-refractivity contribution in [1.29, 1.82) is 0 Å². The smallest absolute Gasteiger partial charge is 0.408 e. The summed E-state index contributed by atoms with van der Waals surface area (Å²) in [5.74, 6) is -0.416. The predicted octanol–water partition coefficient (Wildman–Crippen LogP) is 3.17. The molecule has 0 saturated carbocycles. The Bertz CT molecular complexity index is 744. The van der Waals surface area contributed by atoms with E-state index in [9.17, 15) is 4.79 Å². The van der Waals surface area contributed by atoms with Gasteiger partial charge in [0.05, 0.1) is 5.52 Å². The van der Waals surface area contributed by atoms with E-state index >= 15 is 0 Å². The highest BCUT2D eigenvalue weighted by atomic mass is 16.4. The van der Waals surface area contributed by atoms with Crippen LogP contribution in [-0.2, 0) is 6.42 Å². The molecule has 0 aliphatic heterocycles. The van der Waals surface area contributed by atoms with Crippen LogP contribution in [0.1, 0.15) is 12.0 Å². The fourth-order valence-electron chi connectivity index (χ4n) is 2.23. The third-order valence-corrected chi connectivity index (χ3v) is 3.23. The normalized spacial score (nSPS) is 10.8. The summed E-state index contributed by atoms with van der Waals surface area (Å²) in [5, 5.41) is 3.35. The minimum Gasteiger partial charge on any atom is -0.408 e. The molecule has 0 aliphatic rings. The molecule has 4 heteroatoms. The lowest BCUT2D eigenvalue weighted by Gasteiger charge is -2.06. The number of oxazole rings is 1. The number of anilines is 1. The predicted molar refractivity (Wildman–Crippen MR) is 80.1 cm³/mol. The Balaban J connectivity index is 1.56. The summed E-state index contributed by atoms with van der Waals surface area (Å²) < 4.78 is 4.97. The van der Waals surface area contributed by atoms with E-state index in [-0.39, 0.29) is 0 Å². The first-order valence-electron chi connectivity index (χ1n) is 6.72. The van der Waals surface area contributed by atoms with Crippen molar-refractivity contribution >= 4 is 16.8 Å². The van der Waals surface area contributed by atoms with Crippen molar-refractivity contribution in [3.63, 3.8) is 0 Å². The number of hydrogen-bond donors (Lipinski definition) is 2. The SMILES string of the molecule is O=c1[nH]c2cc(NCCCc3ccccc3)ccc2o1. The third-order valence-electron chi connectivity index (χ3n) is 3.23. The van der Waals surface area contributed by atoms with Gasteiger partial charge in [0.1, 0.15) is 0 Å². The van der Waals surface area contributed by atoms with Gasteiger partial charge in [-0.05, 0) is 36.6 Å². The lowest BCUT2D eigenvalue weighted by molar-refractivity contribution is 0.555. The maximum Gasteiger partial charge on any atom is 0.417 e. The van der Waals surface area contributed by atoms with Gasteiger partial charge in [0.15, 0.2) is 5.58 Å². The van der Waals surface area contributed by atoms with Gasteiger partial charge in [0, 0.05) is 12.2 Å². The van der Waals surface area contributed by atoms with Crippen molar-refractivity contribution in [2.75, 3.05) is 11.9 Å². The van der Waals surface area contributed by atoms with Gasteiger partial charge in [-0.2, -0.15) is 0 Å². The van der Waals surface area contributed by atoms with Crippen LogP contribution in [0, 0.1) is 0 Å². The molecule has 102 valence electrons. The topological polar surface area (TPSA) is 58.0 Å². The highest BCUT2D eigenvalue weighted by molar-refractivity contribution is 5.76. The average Bonchev–Trinajstić information content (AvgIpc) is 2.84. The molecule has 0 unspecified atom stereocenters. The molecular formula is C16H16N2O2. The van der Waals surface area contributed by atoms with Crippen LogP contribution in [0.15, 0.2) is 57.7 Å². The second-order valence-corrected chi connectivity index (χ2v) is 4.74. The van der Waals surface area contributed by atoms with Crippen molar-refractivity contribution in [2.24, 2.45) is 0 Å². The fourth-order valence-corrected chi connectivity index (χ4v) is 2.23. The molecule has 0 atom stereocenters. The zero-order valence-electron chi connectivity index (χ0n) is 11.1. The first kappa shape index (κ1) is 12.5. The van der Waals surface area contributed by atoms with Crippen molar-refractivity contribution in [1.82, 2.24) is 4.98 Å². The molecule has 0 radical (unpaired) electrons. The van der Waals surface area contributed by atoms with Crippen LogP contribution in [0.5, 0.6) is 0 Å². The van der Waals surface area contributed by atoms with Crippen molar-refractivity contribution in [2.45, 2.75) is 12.8 Å². The maximum atomic E-state index is 11.1. The summed E-state index contributed by atoms with van der Waals surface area (Å²) >= 11 is 0. The number of aryl methyl sites for hydroxylation is 1. The van der Waals surface area contributed by atoms with Gasteiger partial charge >= 0.3 is 5.76 Å². The minimum absolute atomic E-state index is 0.416. The molecular weight excluding hydrogens is 252 g/mol. The van der Waals surface area contributed by atoms with Gasteiger partial charge < -0.3 is 9.73 Å². The standard InChI is InChI=1S/C16H16N2O2/c19-16-18-14-11-13(8-9-15(14)20-16)17-10-4-7-12-5-2-1-3-6-12/h1-3,5-6,8-9,11,17H,4,7,10H2,(H,18,19). The van der Waals surface area contributed by atoms with Gasteiger partial charge in [0.25, 0.3) is 0 Å². The van der Waals surface area contributed by atoms with Crippen LogP contribution in [0.4, 0.5) is 5.69 Å². The summed E-state index contributed by atoms with van der Waals surface area (Å²) in [7, 11) is 0. The summed E-state index contributed by atoms with van der Waals surface area (Å²) in [6, 6.07) is 16.0. The first-order valence-corrected chi connectivity index (χ1v) is 6.72. The number of aromatic amines is 1. The largest absolute Gasteiger partial charge is 0.417 e. The number of hydrogen-bond acceptors (Lipinski definition) is 3. The number of H-pyrrole nitrogens is 1. The van der Waals surface area contributed by atoms with E-state index in [2.05, 4.69) is 34.6 Å². The second-order valence-electron chi connectivity index (χ2n) is 4.74. The summed E-state index contributed by atoms with van der Waals surface area (Å²) in [4.78, 5) is 13.7. The Morgan fingerprint density at radius 2 is 1.95 bits per heavy atom. The van der Waals surface area contributed by atoms with E-state index in [1.54, 1.807) is 6.07 Å². The van der Waals surface area contributed by atoms with Crippen molar-refractivity contribution < 1.29 is 4.42 Å². The number of nitrogens with one attached hydrogen (secondary N) is 2. The Morgan fingerprint density at radius 3 is 2.80 bits per heavy atom. The van der Waals surface area contributed by atoms with Gasteiger partial charge in [-0.3, -0.25) is 4.98 Å². The van der Waals surface area contributed by atoms with E-state index in [0.717, 1.165) is 30.6 Å². The van der Waals surface area contributed by atoms with Crippen LogP contribution in [-0.4, -0.2) is 11.5 Å². The highest BCUT2D eigenvalue weighted by Crippen LogP contribution is 2.16. The molecule has 0 fully saturated rings. The average molecular weight is 268 g/mol. The molecule has 0 amide bonds. The first-order chi connectivity index (χ1) is 9.81. The van der Waals surface area contributed by atoms with Gasteiger partial charge in [-0.25, -0.2) is 4.79 Å². The molecule has 0 spiro atoms. The molecule has 20 heavy (non-hydrogen) atoms. The van der Waals surface area contributed by atoms with E-state index in [0.29, 0.717) is 5.58 Å². The van der Waals surface area contributed by atoms with Crippen LogP contribution < -0.4 is 11.1 Å². The molecule has 3 rings (SSSR count). The number of aromatic nitrogens is 1. The molecule has 0 bridgehead atoms. The van der Waals surface area contributed by atoms with Gasteiger partial charge in [-0.1, -0.05) is 30.3 Å². The second kappa shape index (κ2) is 5.65. The summed E-state index contributed by atoms with van der Waals surface area (Å²) in [6.45, 7) is 0.891. The quantitative estimate of drug-likeness (QED) is 0.699. The summed E-state index contributed by atoms with van der Waals surface area (Å²) in [6.07, 6.45) is 2.11. The number of benzene rings is 2. The monoisotopic (exact) mass is 268 g/mol. The molecule has 1 heterocycles. The highest BCUT2D eigenvalue weighted by Gasteiger charge is 2.01. The Morgan fingerprint density at radius 1 is 1.10 bits per heavy atom. The molecule has 0 aliphatic carbocycles. The lowest BCUT2D eigenvalue weighted by Crippen LogP contribution is -2.02. The molecule has 4 nitrogen and oxygen atoms in total. The van der Waals surface area contributed by atoms with Crippen molar-refractivity contribution in [3.05, 3.63) is 64.6 Å². The summed E-state index contributed by atoms with van der Waals surface area (Å²) in [5.41, 5.74) is 3.65. The van der Waals surface area contributed by atoms with Crippen LogP contribution >= 0.6 is 0 Å². The molecule has 2 aromatic carbocycles. The number of rotatable bonds is 5. The molecule has 0 saturated heterocycles. The van der Waals surface area contributed by atoms with Crippen LogP contribution in [0.2, 0.25) is 0 Å². The third kappa shape index (κ3) is 2.91. The van der Waals surface area contributed by atoms with Crippen LogP contribution in [0.25, 0.3) is 11.1 Å². The zero-order chi connectivity index (χ0) is 13.8. The Kier molecular flexibility index (Phi) is 3.54. The van der Waals surface area contributed by atoms with E-state index in [1.165, 1.54) is 5.56 Å². The molecule has 2 N–H and O–H groups in total. The minimum atomic E-state index is -0.416.